The van der Waals surface area contributed by atoms with Crippen molar-refractivity contribution < 1.29 is 19.1 Å². The summed E-state index contributed by atoms with van der Waals surface area (Å²) in [6.45, 7) is 3.53. The van der Waals surface area contributed by atoms with Crippen LogP contribution in [0.2, 0.25) is 0 Å². The molecule has 3 rings (SSSR count). The molecule has 1 saturated carbocycles. The van der Waals surface area contributed by atoms with Gasteiger partial charge >= 0.3 is 0 Å². The lowest BCUT2D eigenvalue weighted by atomic mass is 9.84. The van der Waals surface area contributed by atoms with E-state index in [4.69, 9.17) is 9.47 Å². The number of nitrogens with zero attached hydrogens (tertiary/aromatic N) is 6. The molecular formula is C21H29N7O4. The molecule has 1 fully saturated rings. The van der Waals surface area contributed by atoms with Gasteiger partial charge in [-0.25, -0.2) is 4.98 Å². The molecule has 1 aliphatic carbocycles. The molecule has 1 N–H and O–H groups in total. The van der Waals surface area contributed by atoms with Crippen LogP contribution in [0.5, 0.6) is 11.8 Å². The number of carbonyl (C=O) groups excluding carboxylic acids is 2. The first-order chi connectivity index (χ1) is 15.3. The number of carbonyl (C=O) groups is 2. The fourth-order valence-electron chi connectivity index (χ4n) is 3.64. The molecular weight excluding hydrogens is 414 g/mol. The zero-order chi connectivity index (χ0) is 23.4. The normalized spacial score (nSPS) is 17.8. The predicted octanol–water partition coefficient (Wildman–Crippen LogP) is 1.22. The molecule has 0 unspecified atom stereocenters. The van der Waals surface area contributed by atoms with Gasteiger partial charge in [0.2, 0.25) is 18.2 Å². The second kappa shape index (κ2) is 9.58. The molecule has 11 nitrogen and oxygen atoms in total. The summed E-state index contributed by atoms with van der Waals surface area (Å²) in [5.74, 6) is 1.41. The average Bonchev–Trinajstić information content (AvgIpc) is 3.31. The van der Waals surface area contributed by atoms with Crippen LogP contribution < -0.4 is 14.8 Å². The van der Waals surface area contributed by atoms with Crippen LogP contribution in [-0.4, -0.2) is 74.8 Å². The smallest absolute Gasteiger partial charge is 0.256 e. The summed E-state index contributed by atoms with van der Waals surface area (Å²) in [7, 11) is 8.45. The monoisotopic (exact) mass is 443 g/mol. The number of imidazole rings is 1. The zero-order valence-corrected chi connectivity index (χ0v) is 19.0. The van der Waals surface area contributed by atoms with Crippen molar-refractivity contribution in [3.8, 4) is 11.8 Å². The number of methoxy groups -OCH3 is 2. The lowest BCUT2D eigenvalue weighted by Gasteiger charge is -2.44. The van der Waals surface area contributed by atoms with Crippen molar-refractivity contribution in [2.24, 2.45) is 14.1 Å². The first kappa shape index (κ1) is 22.9. The molecule has 0 atom stereocenters. The summed E-state index contributed by atoms with van der Waals surface area (Å²) in [4.78, 5) is 31.5. The van der Waals surface area contributed by atoms with E-state index in [1.54, 1.807) is 58.8 Å². The van der Waals surface area contributed by atoms with Gasteiger partial charge in [-0.05, 0) is 18.9 Å². The Bertz CT molecular complexity index is 1020. The van der Waals surface area contributed by atoms with Crippen LogP contribution in [0.25, 0.3) is 5.70 Å². The van der Waals surface area contributed by atoms with Gasteiger partial charge in [0.1, 0.15) is 5.69 Å². The third kappa shape index (κ3) is 4.46. The Hall–Kier alpha value is -3.76. The van der Waals surface area contributed by atoms with Crippen LogP contribution in [0.1, 0.15) is 18.7 Å². The van der Waals surface area contributed by atoms with Crippen molar-refractivity contribution in [1.29, 1.82) is 0 Å². The molecule has 11 heteroatoms. The van der Waals surface area contributed by atoms with Crippen LogP contribution >= 0.6 is 0 Å². The van der Waals surface area contributed by atoms with E-state index in [2.05, 4.69) is 22.0 Å². The second-order valence-electron chi connectivity index (χ2n) is 7.56. The quantitative estimate of drug-likeness (QED) is 0.435. The Morgan fingerprint density at radius 2 is 2.00 bits per heavy atom. The van der Waals surface area contributed by atoms with Crippen LogP contribution in [0.3, 0.4) is 0 Å². The van der Waals surface area contributed by atoms with Gasteiger partial charge in [-0.1, -0.05) is 6.58 Å². The van der Waals surface area contributed by atoms with Crippen molar-refractivity contribution in [3.05, 3.63) is 37.1 Å². The summed E-state index contributed by atoms with van der Waals surface area (Å²) in [6.07, 6.45) is 8.48. The first-order valence-electron chi connectivity index (χ1n) is 10.1. The number of hydrogen-bond donors (Lipinski definition) is 1. The maximum absolute atomic E-state index is 12.0. The van der Waals surface area contributed by atoms with Gasteiger partial charge in [-0.3, -0.25) is 18.8 Å². The maximum Gasteiger partial charge on any atom is 0.256 e. The fraction of sp³-hybridized carbons (Fsp3) is 0.429. The molecule has 2 aromatic rings. The van der Waals surface area contributed by atoms with Gasteiger partial charge in [0.25, 0.3) is 5.88 Å². The topological polar surface area (TPSA) is 107 Å². The Labute approximate surface area is 186 Å². The molecule has 0 radical (unpaired) electrons. The van der Waals surface area contributed by atoms with E-state index in [0.29, 0.717) is 41.8 Å². The molecule has 0 aromatic carbocycles. The summed E-state index contributed by atoms with van der Waals surface area (Å²) in [6, 6.07) is 0.0109. The van der Waals surface area contributed by atoms with E-state index >= 15 is 0 Å². The van der Waals surface area contributed by atoms with Gasteiger partial charge in [0.05, 0.1) is 32.3 Å². The summed E-state index contributed by atoms with van der Waals surface area (Å²) in [5, 5.41) is 7.54. The van der Waals surface area contributed by atoms with E-state index in [-0.39, 0.29) is 18.0 Å². The Kier molecular flexibility index (Phi) is 6.86. The minimum absolute atomic E-state index is 0.0488. The van der Waals surface area contributed by atoms with E-state index in [0.717, 1.165) is 6.41 Å². The predicted molar refractivity (Wildman–Crippen MR) is 119 cm³/mol. The molecule has 172 valence electrons. The van der Waals surface area contributed by atoms with Crippen molar-refractivity contribution in [2.45, 2.75) is 24.9 Å². The Morgan fingerprint density at radius 1 is 1.28 bits per heavy atom. The molecule has 0 aliphatic heterocycles. The largest absolute Gasteiger partial charge is 0.481 e. The highest BCUT2D eigenvalue weighted by Crippen LogP contribution is 2.32. The maximum atomic E-state index is 12.0. The number of anilines is 1. The molecule has 0 saturated heterocycles. The number of aromatic nitrogens is 4. The van der Waals surface area contributed by atoms with Crippen molar-refractivity contribution in [2.75, 3.05) is 26.6 Å². The molecule has 2 aromatic heterocycles. The van der Waals surface area contributed by atoms with Crippen LogP contribution in [-0.2, 0) is 23.7 Å². The van der Waals surface area contributed by atoms with Gasteiger partial charge < -0.3 is 24.6 Å². The summed E-state index contributed by atoms with van der Waals surface area (Å²) >= 11 is 0. The number of rotatable bonds is 10. The lowest BCUT2D eigenvalue weighted by molar-refractivity contribution is -0.130. The van der Waals surface area contributed by atoms with E-state index in [1.807, 2.05) is 7.05 Å². The van der Waals surface area contributed by atoms with E-state index < -0.39 is 0 Å². The first-order valence-corrected chi connectivity index (χ1v) is 10.1. The molecule has 0 bridgehead atoms. The van der Waals surface area contributed by atoms with Gasteiger partial charge in [-0.15, -0.1) is 5.10 Å². The third-order valence-electron chi connectivity index (χ3n) is 5.63. The number of aryl methyl sites for hydroxylation is 1. The fourth-order valence-corrected chi connectivity index (χ4v) is 3.64. The van der Waals surface area contributed by atoms with E-state index in [9.17, 15) is 9.59 Å². The SMILES string of the molecule is C=CC(=O)N(C)C1CC(N(C=O)/C=C(/Nc2cn(C)nc2OC)c2ncc(OC)n2C)C1. The van der Waals surface area contributed by atoms with Gasteiger partial charge in [0.15, 0.2) is 5.82 Å². The van der Waals surface area contributed by atoms with Crippen molar-refractivity contribution >= 4 is 23.7 Å². The highest BCUT2D eigenvalue weighted by atomic mass is 16.5. The van der Waals surface area contributed by atoms with Crippen LogP contribution in [0.4, 0.5) is 5.69 Å². The number of amides is 2. The second-order valence-corrected chi connectivity index (χ2v) is 7.56. The minimum atomic E-state index is -0.132. The summed E-state index contributed by atoms with van der Waals surface area (Å²) < 4.78 is 14.1. The standard InChI is InChI=1S/C21H29N7O4/c1-7-18(30)26(3)14-8-15(9-14)28(13-29)12-16(20-22-10-19(31-5)27(20)4)23-17-11-25(2)24-21(17)32-6/h7,10-15,23H,1,8-9H2,2-6H3/b16-12+. The minimum Gasteiger partial charge on any atom is -0.481 e. The number of nitrogens with one attached hydrogen (secondary N) is 1. The Balaban J connectivity index is 1.89. The van der Waals surface area contributed by atoms with Gasteiger partial charge in [0, 0.05) is 39.4 Å². The van der Waals surface area contributed by atoms with E-state index in [1.165, 1.54) is 13.2 Å². The molecule has 2 heterocycles. The molecule has 0 spiro atoms. The number of hydrogen-bond acceptors (Lipinski definition) is 7. The van der Waals surface area contributed by atoms with Crippen molar-refractivity contribution in [1.82, 2.24) is 29.1 Å². The van der Waals surface area contributed by atoms with Crippen molar-refractivity contribution in [3.63, 3.8) is 0 Å². The number of ether oxygens (including phenoxy) is 2. The average molecular weight is 444 g/mol. The van der Waals surface area contributed by atoms with Gasteiger partial charge in [-0.2, -0.15) is 0 Å². The van der Waals surface area contributed by atoms with Crippen LogP contribution in [0.15, 0.2) is 31.2 Å². The molecule has 32 heavy (non-hydrogen) atoms. The Morgan fingerprint density at radius 3 is 2.56 bits per heavy atom. The highest BCUT2D eigenvalue weighted by molar-refractivity contribution is 5.87. The number of likely N-dealkylation sites (N-methyl/N-ethyl adjacent to an activating group) is 1. The zero-order valence-electron chi connectivity index (χ0n) is 19.0. The molecule has 1 aliphatic rings. The summed E-state index contributed by atoms with van der Waals surface area (Å²) in [5.41, 5.74) is 1.19. The highest BCUT2D eigenvalue weighted by Gasteiger charge is 2.36. The molecule has 2 amide bonds. The lowest BCUT2D eigenvalue weighted by Crippen LogP contribution is -2.52. The van der Waals surface area contributed by atoms with Crippen LogP contribution in [0, 0.1) is 0 Å². The third-order valence-corrected chi connectivity index (χ3v) is 5.63.